The molecule has 2 saturated carbocycles. The van der Waals surface area contributed by atoms with Crippen molar-refractivity contribution in [3.8, 4) is 0 Å². The fraction of sp³-hybridized carbons (Fsp3) is 0.900. The first-order valence-electron chi connectivity index (χ1n) is 29.0. The second kappa shape index (κ2) is 34.3. The van der Waals surface area contributed by atoms with Crippen LogP contribution in [0.3, 0.4) is 0 Å². The third-order valence-corrected chi connectivity index (χ3v) is 17.0. The first-order valence-corrected chi connectivity index (χ1v) is 29.0. The smallest absolute Gasteiger partial charge is 0.0936 e. The molecule has 4 aliphatic rings. The molecule has 390 valence electrons. The Morgan fingerprint density at radius 3 is 2.07 bits per heavy atom. The number of rotatable bonds is 40. The number of ether oxygens (including phenoxy) is 5. The van der Waals surface area contributed by atoms with Crippen LogP contribution in [0.1, 0.15) is 221 Å². The third-order valence-electron chi connectivity index (χ3n) is 17.0. The summed E-state index contributed by atoms with van der Waals surface area (Å²) in [6, 6.07) is 0. The molecule has 2 unspecified atom stereocenters. The van der Waals surface area contributed by atoms with Gasteiger partial charge < -0.3 is 29.4 Å². The van der Waals surface area contributed by atoms with Crippen LogP contribution >= 0.6 is 0 Å². The lowest BCUT2D eigenvalue weighted by molar-refractivity contribution is -0.0586. The first kappa shape index (κ1) is 58.5. The van der Waals surface area contributed by atoms with Gasteiger partial charge >= 0.3 is 0 Å². The van der Waals surface area contributed by atoms with Gasteiger partial charge in [0.2, 0.25) is 0 Å². The Hall–Kier alpha value is -1.06. The van der Waals surface area contributed by atoms with Crippen LogP contribution in [0.5, 0.6) is 0 Å². The van der Waals surface area contributed by atoms with Gasteiger partial charge in [0.25, 0.3) is 0 Å². The van der Waals surface area contributed by atoms with Gasteiger partial charge in [-0.25, -0.2) is 0 Å². The first-order chi connectivity index (χ1) is 32.6. The van der Waals surface area contributed by atoms with E-state index < -0.39 is 0 Å². The van der Waals surface area contributed by atoms with Crippen LogP contribution in [0.4, 0.5) is 0 Å². The summed E-state index contributed by atoms with van der Waals surface area (Å²) in [7, 11) is 1.83. The molecule has 0 aromatic rings. The van der Waals surface area contributed by atoms with Gasteiger partial charge in [0.15, 0.2) is 0 Å². The highest BCUT2D eigenvalue weighted by molar-refractivity contribution is 5.21. The van der Waals surface area contributed by atoms with Crippen LogP contribution in [0.25, 0.3) is 0 Å². The van der Waals surface area contributed by atoms with Gasteiger partial charge in [-0.05, 0) is 131 Å². The average Bonchev–Trinajstić information content (AvgIpc) is 3.92. The molecule has 3 aliphatic carbocycles. The van der Waals surface area contributed by atoms with E-state index in [1.54, 1.807) is 5.57 Å². The van der Waals surface area contributed by atoms with Gasteiger partial charge in [-0.15, -0.1) is 0 Å². The monoisotopic (exact) mass is 939 g/mol. The van der Waals surface area contributed by atoms with E-state index in [4.69, 9.17) is 29.4 Å². The number of hydrogen-bond acceptors (Lipinski definition) is 7. The van der Waals surface area contributed by atoms with Crippen LogP contribution in [0.15, 0.2) is 36.0 Å². The maximum atomic E-state index is 7.49. The predicted octanol–water partition coefficient (Wildman–Crippen LogP) is 15.0. The molecule has 2 N–H and O–H groups in total. The van der Waals surface area contributed by atoms with E-state index in [9.17, 15) is 0 Å². The lowest BCUT2D eigenvalue weighted by Crippen LogP contribution is -2.58. The molecule has 7 heteroatoms. The number of unbranched alkanes of at least 4 members (excludes halogenated alkanes) is 12. The minimum atomic E-state index is -0.0474. The predicted molar refractivity (Wildman–Crippen MR) is 285 cm³/mol. The Morgan fingerprint density at radius 1 is 0.701 bits per heavy atom. The number of fused-ring (bicyclic) bond motifs is 3. The minimum absolute atomic E-state index is 0.0427. The summed E-state index contributed by atoms with van der Waals surface area (Å²) >= 11 is 0. The van der Waals surface area contributed by atoms with Crippen LogP contribution < -0.4 is 5.73 Å². The molecule has 1 aliphatic heterocycles. The largest absolute Gasteiger partial charge is 0.380 e. The summed E-state index contributed by atoms with van der Waals surface area (Å²) in [5.41, 5.74) is 9.46. The second-order valence-electron chi connectivity index (χ2n) is 22.9. The van der Waals surface area contributed by atoms with E-state index in [2.05, 4.69) is 76.8 Å². The SMILES string of the molecule is CCCCC/C=C\C/C=C\CCCCCCCCCCOCC(CN1CCC(OC)C1)OCCOCCO[C@@H](CCCC)CC1=CC[C@H]2[C@@H]3CC[C@H]([C@H](C)CCCC(C)C)[C@@]3(C)CC[C@]2(N)C1. The van der Waals surface area contributed by atoms with Crippen molar-refractivity contribution in [2.45, 2.75) is 245 Å². The maximum Gasteiger partial charge on any atom is 0.0936 e. The van der Waals surface area contributed by atoms with Crippen molar-refractivity contribution in [2.75, 3.05) is 66.4 Å². The lowest BCUT2D eigenvalue weighted by atomic mass is 9.51. The molecule has 1 heterocycles. The van der Waals surface area contributed by atoms with Gasteiger partial charge in [0.1, 0.15) is 0 Å². The fourth-order valence-electron chi connectivity index (χ4n) is 12.9. The zero-order valence-electron chi connectivity index (χ0n) is 45.2. The van der Waals surface area contributed by atoms with Gasteiger partial charge in [-0.1, -0.05) is 161 Å². The fourth-order valence-corrected chi connectivity index (χ4v) is 12.9. The molecule has 0 spiro atoms. The average molecular weight is 940 g/mol. The summed E-state index contributed by atoms with van der Waals surface area (Å²) in [5, 5.41) is 0. The van der Waals surface area contributed by atoms with Crippen molar-refractivity contribution in [2.24, 2.45) is 40.7 Å². The molecule has 3 fully saturated rings. The normalized spacial score (nSPS) is 27.0. The molecule has 0 amide bonds. The summed E-state index contributed by atoms with van der Waals surface area (Å²) in [4.78, 5) is 2.47. The zero-order chi connectivity index (χ0) is 48.0. The molecule has 0 bridgehead atoms. The summed E-state index contributed by atoms with van der Waals surface area (Å²) < 4.78 is 31.0. The highest BCUT2D eigenvalue weighted by Crippen LogP contribution is 2.64. The van der Waals surface area contributed by atoms with E-state index in [0.29, 0.717) is 50.5 Å². The highest BCUT2D eigenvalue weighted by atomic mass is 16.6. The Kier molecular flexibility index (Phi) is 30.0. The van der Waals surface area contributed by atoms with E-state index in [1.165, 1.54) is 135 Å². The topological polar surface area (TPSA) is 75.4 Å². The number of nitrogens with zero attached hydrogens (tertiary/aromatic N) is 1. The van der Waals surface area contributed by atoms with Gasteiger partial charge in [0, 0.05) is 38.9 Å². The Morgan fingerprint density at radius 2 is 1.39 bits per heavy atom. The number of allylic oxidation sites excluding steroid dienone is 5. The molecule has 7 nitrogen and oxygen atoms in total. The van der Waals surface area contributed by atoms with E-state index >= 15 is 0 Å². The Balaban J connectivity index is 1.08. The van der Waals surface area contributed by atoms with E-state index in [-0.39, 0.29) is 17.7 Å². The minimum Gasteiger partial charge on any atom is -0.380 e. The Labute approximate surface area is 415 Å². The van der Waals surface area contributed by atoms with Crippen molar-refractivity contribution in [3.63, 3.8) is 0 Å². The number of hydrogen-bond donors (Lipinski definition) is 1. The van der Waals surface area contributed by atoms with Crippen LogP contribution in [-0.4, -0.2) is 95.1 Å². The van der Waals surface area contributed by atoms with Gasteiger partial charge in [-0.3, -0.25) is 4.90 Å². The quantitative estimate of drug-likeness (QED) is 0.0484. The van der Waals surface area contributed by atoms with Crippen LogP contribution in [0.2, 0.25) is 0 Å². The molecule has 4 rings (SSSR count). The van der Waals surface area contributed by atoms with Gasteiger partial charge in [0.05, 0.1) is 51.3 Å². The number of likely N-dealkylation sites (tertiary alicyclic amines) is 1. The molecular weight excluding hydrogens is 829 g/mol. The van der Waals surface area contributed by atoms with Gasteiger partial charge in [-0.2, -0.15) is 0 Å². The Bertz CT molecular complexity index is 1340. The van der Waals surface area contributed by atoms with Crippen molar-refractivity contribution in [1.29, 1.82) is 0 Å². The summed E-state index contributed by atoms with van der Waals surface area (Å²) in [6.45, 7) is 21.3. The third kappa shape index (κ3) is 22.1. The lowest BCUT2D eigenvalue weighted by Gasteiger charge is -2.56. The number of methoxy groups -OCH3 is 1. The molecular formula is C60H110N2O5. The van der Waals surface area contributed by atoms with Crippen LogP contribution in [-0.2, 0) is 23.7 Å². The van der Waals surface area contributed by atoms with E-state index in [1.807, 2.05) is 7.11 Å². The van der Waals surface area contributed by atoms with Crippen molar-refractivity contribution < 1.29 is 23.7 Å². The molecule has 1 saturated heterocycles. The van der Waals surface area contributed by atoms with Crippen LogP contribution in [0, 0.1) is 35.0 Å². The molecule has 0 aromatic carbocycles. The molecule has 0 radical (unpaired) electrons. The number of nitrogens with two attached hydrogens (primary N) is 1. The second-order valence-corrected chi connectivity index (χ2v) is 22.9. The van der Waals surface area contributed by atoms with Crippen molar-refractivity contribution in [1.82, 2.24) is 4.90 Å². The summed E-state index contributed by atoms with van der Waals surface area (Å²) in [6.07, 6.45) is 47.9. The zero-order valence-corrected chi connectivity index (χ0v) is 45.2. The molecule has 0 aromatic heterocycles. The standard InChI is InChI=1S/C60H110N2O5/c1-8-10-12-13-14-15-16-17-18-19-20-21-22-23-24-25-26-27-40-65-49-55(48-62-39-36-54(47-62)63-7)67-44-42-64-41-43-66-53(31-11-9-2)45-52-32-33-58-57-35-34-56(51(5)30-28-29-50(3)4)59(57,6)37-38-60(58,61)46-52/h14-15,17-18,32,50-51,53-58H,8-13,16,19-31,33-49,61H2,1-7H3/b15-14-,18-17-/t51-,53+,54?,55?,56-,57+,58+,59-,60+/m1/s1. The van der Waals surface area contributed by atoms with Crippen molar-refractivity contribution >= 4 is 0 Å². The molecule has 9 atom stereocenters. The van der Waals surface area contributed by atoms with E-state index in [0.717, 1.165) is 94.9 Å². The molecule has 67 heavy (non-hydrogen) atoms. The highest BCUT2D eigenvalue weighted by Gasteiger charge is 2.58. The van der Waals surface area contributed by atoms with Crippen molar-refractivity contribution in [3.05, 3.63) is 36.0 Å². The summed E-state index contributed by atoms with van der Waals surface area (Å²) in [5.74, 6) is 3.93. The maximum absolute atomic E-state index is 7.49.